The maximum absolute atomic E-state index is 13.7. The van der Waals surface area contributed by atoms with Crippen molar-refractivity contribution in [2.24, 2.45) is 0 Å². The van der Waals surface area contributed by atoms with E-state index in [1.165, 1.54) is 6.07 Å². The molecule has 0 radical (unpaired) electrons. The summed E-state index contributed by atoms with van der Waals surface area (Å²) < 4.78 is 13.7. The Labute approximate surface area is 106 Å². The Morgan fingerprint density at radius 1 is 1.06 bits per heavy atom. The fraction of sp³-hybridized carbons (Fsp3) is 0.267. The van der Waals surface area contributed by atoms with Crippen molar-refractivity contribution < 1.29 is 9.50 Å². The summed E-state index contributed by atoms with van der Waals surface area (Å²) in [7, 11) is 0. The summed E-state index contributed by atoms with van der Waals surface area (Å²) in [5.41, 5.74) is 3.53. The smallest absolute Gasteiger partial charge is 0.129 e. The Hall–Kier alpha value is -1.74. The molecule has 1 heterocycles. The molecular weight excluding hydrogens is 229 g/mol. The van der Waals surface area contributed by atoms with E-state index in [-0.39, 0.29) is 5.82 Å². The van der Waals surface area contributed by atoms with E-state index in [0.717, 1.165) is 17.0 Å². The van der Waals surface area contributed by atoms with Gasteiger partial charge in [-0.2, -0.15) is 0 Å². The normalized spacial score (nSPS) is 12.5. The minimum atomic E-state index is -0.953. The van der Waals surface area contributed by atoms with Crippen molar-refractivity contribution >= 4 is 0 Å². The minimum Gasteiger partial charge on any atom is -0.384 e. The van der Waals surface area contributed by atoms with Gasteiger partial charge in [-0.25, -0.2) is 4.39 Å². The number of hydrogen-bond donors (Lipinski definition) is 1. The van der Waals surface area contributed by atoms with Gasteiger partial charge in [0.25, 0.3) is 0 Å². The van der Waals surface area contributed by atoms with Crippen molar-refractivity contribution in [3.63, 3.8) is 0 Å². The van der Waals surface area contributed by atoms with Crippen molar-refractivity contribution in [1.82, 2.24) is 4.98 Å². The van der Waals surface area contributed by atoms with Crippen LogP contribution in [0, 0.1) is 26.6 Å². The van der Waals surface area contributed by atoms with Crippen LogP contribution in [-0.2, 0) is 0 Å². The molecule has 1 atom stereocenters. The Morgan fingerprint density at radius 3 is 2.28 bits per heavy atom. The maximum atomic E-state index is 13.7. The molecule has 0 aliphatic heterocycles. The number of aliphatic hydroxyl groups is 1. The van der Waals surface area contributed by atoms with Gasteiger partial charge in [-0.05, 0) is 44.5 Å². The Balaban J connectivity index is 2.47. The van der Waals surface area contributed by atoms with Crippen molar-refractivity contribution in [1.29, 1.82) is 0 Å². The first-order valence-corrected chi connectivity index (χ1v) is 5.86. The first kappa shape index (κ1) is 12.7. The number of nitrogens with zero attached hydrogens (tertiary/aromatic N) is 1. The third kappa shape index (κ3) is 2.57. The number of rotatable bonds is 2. The van der Waals surface area contributed by atoms with Crippen LogP contribution in [-0.4, -0.2) is 10.1 Å². The van der Waals surface area contributed by atoms with E-state index >= 15 is 0 Å². The molecule has 0 fully saturated rings. The number of aliphatic hydroxyl groups excluding tert-OH is 1. The highest BCUT2D eigenvalue weighted by atomic mass is 19.1. The third-order valence-electron chi connectivity index (χ3n) is 2.87. The van der Waals surface area contributed by atoms with E-state index in [4.69, 9.17) is 0 Å². The van der Waals surface area contributed by atoms with E-state index < -0.39 is 6.10 Å². The number of benzene rings is 1. The molecule has 1 aromatic heterocycles. The van der Waals surface area contributed by atoms with Crippen molar-refractivity contribution in [3.05, 3.63) is 64.2 Å². The van der Waals surface area contributed by atoms with Crippen LogP contribution < -0.4 is 0 Å². The Morgan fingerprint density at radius 2 is 1.67 bits per heavy atom. The second-order valence-electron chi connectivity index (χ2n) is 4.61. The molecule has 94 valence electrons. The van der Waals surface area contributed by atoms with Gasteiger partial charge < -0.3 is 5.11 Å². The fourth-order valence-corrected chi connectivity index (χ4v) is 2.08. The van der Waals surface area contributed by atoms with Gasteiger partial charge in [-0.3, -0.25) is 4.98 Å². The zero-order valence-corrected chi connectivity index (χ0v) is 10.7. The molecule has 1 aromatic carbocycles. The molecule has 3 heteroatoms. The van der Waals surface area contributed by atoms with Crippen LogP contribution in [0.25, 0.3) is 0 Å². The molecule has 2 nitrogen and oxygen atoms in total. The fourth-order valence-electron chi connectivity index (χ4n) is 2.08. The average Bonchev–Trinajstić information content (AvgIpc) is 2.30. The van der Waals surface area contributed by atoms with Gasteiger partial charge in [0, 0.05) is 17.0 Å². The van der Waals surface area contributed by atoms with Gasteiger partial charge in [-0.1, -0.05) is 17.7 Å². The predicted octanol–water partition coefficient (Wildman–Crippen LogP) is 3.23. The zero-order chi connectivity index (χ0) is 13.3. The Bertz CT molecular complexity index is 560. The lowest BCUT2D eigenvalue weighted by Gasteiger charge is -2.14. The molecular formula is C15H16FNO. The zero-order valence-electron chi connectivity index (χ0n) is 10.7. The monoisotopic (exact) mass is 245 g/mol. The quantitative estimate of drug-likeness (QED) is 0.881. The second kappa shape index (κ2) is 4.86. The Kier molecular flexibility index (Phi) is 3.43. The first-order chi connectivity index (χ1) is 8.47. The van der Waals surface area contributed by atoms with E-state index in [2.05, 4.69) is 4.98 Å². The van der Waals surface area contributed by atoms with Gasteiger partial charge in [0.05, 0.1) is 0 Å². The summed E-state index contributed by atoms with van der Waals surface area (Å²) in [6.07, 6.45) is -0.953. The highest BCUT2D eigenvalue weighted by Gasteiger charge is 2.16. The average molecular weight is 245 g/mol. The predicted molar refractivity (Wildman–Crippen MR) is 68.9 cm³/mol. The minimum absolute atomic E-state index is 0.306. The number of pyridine rings is 1. The molecule has 18 heavy (non-hydrogen) atoms. The summed E-state index contributed by atoms with van der Waals surface area (Å²) in [5, 5.41) is 10.3. The first-order valence-electron chi connectivity index (χ1n) is 5.86. The summed E-state index contributed by atoms with van der Waals surface area (Å²) >= 11 is 0. The number of aryl methyl sites for hydroxylation is 3. The summed E-state index contributed by atoms with van der Waals surface area (Å²) in [6, 6.07) is 8.30. The summed E-state index contributed by atoms with van der Waals surface area (Å²) in [5.74, 6) is -0.389. The molecule has 2 aromatic rings. The van der Waals surface area contributed by atoms with E-state index in [1.54, 1.807) is 24.3 Å². The van der Waals surface area contributed by atoms with Crippen LogP contribution in [0.4, 0.5) is 4.39 Å². The lowest BCUT2D eigenvalue weighted by Crippen LogP contribution is -2.04. The highest BCUT2D eigenvalue weighted by molar-refractivity contribution is 5.34. The summed E-state index contributed by atoms with van der Waals surface area (Å²) in [6.45, 7) is 5.59. The highest BCUT2D eigenvalue weighted by Crippen LogP contribution is 2.25. The molecule has 2 rings (SSSR count). The lowest BCUT2D eigenvalue weighted by molar-refractivity contribution is 0.214. The van der Waals surface area contributed by atoms with E-state index in [9.17, 15) is 9.50 Å². The van der Waals surface area contributed by atoms with Crippen molar-refractivity contribution in [3.8, 4) is 0 Å². The van der Waals surface area contributed by atoms with Crippen LogP contribution in [0.1, 0.15) is 34.2 Å². The largest absolute Gasteiger partial charge is 0.384 e. The van der Waals surface area contributed by atoms with Crippen LogP contribution in [0.3, 0.4) is 0 Å². The molecule has 0 aliphatic rings. The van der Waals surface area contributed by atoms with Gasteiger partial charge in [-0.15, -0.1) is 0 Å². The molecule has 1 N–H and O–H groups in total. The molecule has 0 aliphatic carbocycles. The number of aromatic nitrogens is 1. The van der Waals surface area contributed by atoms with Gasteiger partial charge >= 0.3 is 0 Å². The molecule has 0 saturated carbocycles. The van der Waals surface area contributed by atoms with Crippen LogP contribution >= 0.6 is 0 Å². The molecule has 0 bridgehead atoms. The molecule has 0 amide bonds. The number of hydrogen-bond acceptors (Lipinski definition) is 2. The van der Waals surface area contributed by atoms with E-state index in [1.807, 2.05) is 20.8 Å². The molecule has 0 spiro atoms. The van der Waals surface area contributed by atoms with Gasteiger partial charge in [0.2, 0.25) is 0 Å². The van der Waals surface area contributed by atoms with Gasteiger partial charge in [0.15, 0.2) is 0 Å². The van der Waals surface area contributed by atoms with Gasteiger partial charge in [0.1, 0.15) is 11.9 Å². The topological polar surface area (TPSA) is 33.1 Å². The SMILES string of the molecule is Cc1ccc(F)c(C(O)c2cc(C)nc(C)c2)c1. The molecule has 0 saturated heterocycles. The van der Waals surface area contributed by atoms with Crippen molar-refractivity contribution in [2.45, 2.75) is 26.9 Å². The van der Waals surface area contributed by atoms with E-state index in [0.29, 0.717) is 11.1 Å². The van der Waals surface area contributed by atoms with Crippen molar-refractivity contribution in [2.75, 3.05) is 0 Å². The van der Waals surface area contributed by atoms with Crippen LogP contribution in [0.15, 0.2) is 30.3 Å². The second-order valence-corrected chi connectivity index (χ2v) is 4.61. The number of halogens is 1. The molecule has 1 unspecified atom stereocenters. The summed E-state index contributed by atoms with van der Waals surface area (Å²) in [4.78, 5) is 4.25. The van der Waals surface area contributed by atoms with Crippen LogP contribution in [0.2, 0.25) is 0 Å². The maximum Gasteiger partial charge on any atom is 0.129 e. The lowest BCUT2D eigenvalue weighted by atomic mass is 9.99. The third-order valence-corrected chi connectivity index (χ3v) is 2.87. The van der Waals surface area contributed by atoms with Crippen LogP contribution in [0.5, 0.6) is 0 Å². The standard InChI is InChI=1S/C15H16FNO/c1-9-4-5-14(16)13(6-9)15(18)12-7-10(2)17-11(3)8-12/h4-8,15,18H,1-3H3.